The number of nitrogens with one attached hydrogen (secondary N) is 1. The summed E-state index contributed by atoms with van der Waals surface area (Å²) >= 11 is 1.89. The van der Waals surface area contributed by atoms with Gasteiger partial charge in [-0.3, -0.25) is 9.59 Å². The van der Waals surface area contributed by atoms with E-state index < -0.39 is 17.6 Å². The molecule has 0 radical (unpaired) electrons. The van der Waals surface area contributed by atoms with E-state index >= 15 is 0 Å². The van der Waals surface area contributed by atoms with Crippen molar-refractivity contribution >= 4 is 28.6 Å². The van der Waals surface area contributed by atoms with Crippen LogP contribution in [0.15, 0.2) is 40.5 Å². The summed E-state index contributed by atoms with van der Waals surface area (Å²) in [5, 5.41) is 2.90. The van der Waals surface area contributed by atoms with Gasteiger partial charge in [0.2, 0.25) is 0 Å². The quantitative estimate of drug-likeness (QED) is 0.874. The van der Waals surface area contributed by atoms with Gasteiger partial charge in [0, 0.05) is 11.3 Å². The number of benzene rings is 1. The second-order valence-corrected chi connectivity index (χ2v) is 7.03. The molecule has 0 bridgehead atoms. The number of nitrogens with two attached hydrogens (primary N) is 1. The van der Waals surface area contributed by atoms with Gasteiger partial charge >= 0.3 is 0 Å². The van der Waals surface area contributed by atoms with Crippen LogP contribution in [0.2, 0.25) is 0 Å². The maximum Gasteiger partial charge on any atom is 0.261 e. The molecule has 1 amide bonds. The Bertz CT molecular complexity index is 835. The molecule has 0 atom stereocenters. The van der Waals surface area contributed by atoms with E-state index in [4.69, 9.17) is 5.73 Å². The van der Waals surface area contributed by atoms with E-state index in [0.717, 1.165) is 10.9 Å². The number of hydrogen-bond acceptors (Lipinski definition) is 3. The summed E-state index contributed by atoms with van der Waals surface area (Å²) in [5.41, 5.74) is 6.25. The summed E-state index contributed by atoms with van der Waals surface area (Å²) in [7, 11) is 0. The van der Waals surface area contributed by atoms with Crippen molar-refractivity contribution in [3.05, 3.63) is 57.2 Å². The Labute approximate surface area is 143 Å². The van der Waals surface area contributed by atoms with Gasteiger partial charge < -0.3 is 10.7 Å². The molecule has 4 nitrogen and oxygen atoms in total. The highest BCUT2D eigenvalue weighted by atomic mass is 32.2. The molecule has 0 saturated heterocycles. The highest BCUT2D eigenvalue weighted by molar-refractivity contribution is 8.02. The van der Waals surface area contributed by atoms with Crippen LogP contribution in [0.5, 0.6) is 0 Å². The van der Waals surface area contributed by atoms with Crippen LogP contribution in [0.1, 0.15) is 41.1 Å². The summed E-state index contributed by atoms with van der Waals surface area (Å²) in [6, 6.07) is 7.05. The van der Waals surface area contributed by atoms with Crippen LogP contribution >= 0.6 is 11.8 Å². The summed E-state index contributed by atoms with van der Waals surface area (Å²) in [6.45, 7) is 0. The zero-order valence-corrected chi connectivity index (χ0v) is 13.9. The van der Waals surface area contributed by atoms with E-state index in [1.807, 2.05) is 30.0 Å². The van der Waals surface area contributed by atoms with Crippen LogP contribution in [0.3, 0.4) is 0 Å². The van der Waals surface area contributed by atoms with E-state index in [0.29, 0.717) is 18.4 Å². The van der Waals surface area contributed by atoms with Gasteiger partial charge in [0.1, 0.15) is 11.7 Å². The third-order valence-corrected chi connectivity index (χ3v) is 5.14. The molecule has 1 aromatic heterocycles. The van der Waals surface area contributed by atoms with Crippen LogP contribution in [-0.4, -0.2) is 22.8 Å². The SMILES string of the molecule is C1=CSCC1.NC(=O)c1cc2ccc(C3CC(F)C3)cc2[nH]c1=O. The molecule has 1 aliphatic carbocycles. The van der Waals surface area contributed by atoms with Crippen LogP contribution in [0, 0.1) is 0 Å². The van der Waals surface area contributed by atoms with Crippen molar-refractivity contribution in [3.63, 3.8) is 0 Å². The molecule has 2 aliphatic rings. The molecular formula is C18H19FN2O2S. The molecule has 4 rings (SSSR count). The average molecular weight is 346 g/mol. The average Bonchev–Trinajstić information content (AvgIpc) is 3.10. The van der Waals surface area contributed by atoms with Crippen LogP contribution in [0.25, 0.3) is 10.9 Å². The zero-order chi connectivity index (χ0) is 17.1. The Balaban J connectivity index is 0.000000290. The molecular weight excluding hydrogens is 327 g/mol. The number of carbonyl (C=O) groups is 1. The summed E-state index contributed by atoms with van der Waals surface area (Å²) < 4.78 is 12.9. The number of aromatic nitrogens is 1. The predicted octanol–water partition coefficient (Wildman–Crippen LogP) is 3.48. The van der Waals surface area contributed by atoms with Gasteiger partial charge in [-0.25, -0.2) is 4.39 Å². The zero-order valence-electron chi connectivity index (χ0n) is 13.1. The molecule has 6 heteroatoms. The van der Waals surface area contributed by atoms with Gasteiger partial charge in [0.25, 0.3) is 11.5 Å². The second kappa shape index (κ2) is 7.21. The lowest BCUT2D eigenvalue weighted by atomic mass is 9.78. The van der Waals surface area contributed by atoms with Gasteiger partial charge in [-0.2, -0.15) is 0 Å². The van der Waals surface area contributed by atoms with Crippen molar-refractivity contribution in [1.82, 2.24) is 4.98 Å². The van der Waals surface area contributed by atoms with Crippen molar-refractivity contribution in [2.45, 2.75) is 31.4 Å². The number of hydrogen-bond donors (Lipinski definition) is 2. The van der Waals surface area contributed by atoms with E-state index in [9.17, 15) is 14.0 Å². The fourth-order valence-electron chi connectivity index (χ4n) is 2.82. The first-order valence-corrected chi connectivity index (χ1v) is 8.97. The number of H-pyrrole nitrogens is 1. The van der Waals surface area contributed by atoms with Crippen molar-refractivity contribution in [3.8, 4) is 0 Å². The molecule has 1 saturated carbocycles. The number of alkyl halides is 1. The Morgan fingerprint density at radius 1 is 1.29 bits per heavy atom. The number of fused-ring (bicyclic) bond motifs is 1. The van der Waals surface area contributed by atoms with Gasteiger partial charge in [0.05, 0.1) is 0 Å². The minimum Gasteiger partial charge on any atom is -0.365 e. The van der Waals surface area contributed by atoms with E-state index in [1.54, 1.807) is 0 Å². The molecule has 1 fully saturated rings. The Morgan fingerprint density at radius 3 is 2.62 bits per heavy atom. The predicted molar refractivity (Wildman–Crippen MR) is 96.2 cm³/mol. The van der Waals surface area contributed by atoms with Gasteiger partial charge in [-0.1, -0.05) is 18.2 Å². The lowest BCUT2D eigenvalue weighted by Gasteiger charge is -2.30. The molecule has 1 aliphatic heterocycles. The Morgan fingerprint density at radius 2 is 2.08 bits per heavy atom. The fourth-order valence-corrected chi connectivity index (χ4v) is 3.50. The van der Waals surface area contributed by atoms with Crippen LogP contribution < -0.4 is 11.3 Å². The first-order valence-electron chi connectivity index (χ1n) is 7.92. The smallest absolute Gasteiger partial charge is 0.261 e. The number of amides is 1. The number of primary amides is 1. The van der Waals surface area contributed by atoms with Crippen molar-refractivity contribution < 1.29 is 9.18 Å². The minimum absolute atomic E-state index is 0.0484. The molecule has 2 heterocycles. The number of allylic oxidation sites excluding steroid dienone is 1. The van der Waals surface area contributed by atoms with Crippen molar-refractivity contribution in [1.29, 1.82) is 0 Å². The molecule has 0 unspecified atom stereocenters. The highest BCUT2D eigenvalue weighted by Gasteiger charge is 2.30. The standard InChI is InChI=1S/C14H13FN2O2.C4H6S/c15-10-3-9(4-10)7-1-2-8-5-11(13(16)18)14(19)17-12(8)6-7;1-2-4-5-3-1/h1-2,5-6,9-10H,3-4H2,(H2,16,18)(H,17,19);1,3H,2,4H2. The number of rotatable bonds is 2. The first-order chi connectivity index (χ1) is 11.5. The number of thioether (sulfide) groups is 1. The lowest BCUT2D eigenvalue weighted by Crippen LogP contribution is -2.24. The summed E-state index contributed by atoms with van der Waals surface area (Å²) in [5.74, 6) is 0.783. The second-order valence-electron chi connectivity index (χ2n) is 6.02. The number of pyridine rings is 1. The molecule has 126 valence electrons. The number of aromatic amines is 1. The van der Waals surface area contributed by atoms with Crippen LogP contribution in [-0.2, 0) is 0 Å². The third kappa shape index (κ3) is 3.70. The maximum absolute atomic E-state index is 12.9. The van der Waals surface area contributed by atoms with E-state index in [1.165, 1.54) is 18.2 Å². The Kier molecular flexibility index (Phi) is 5.04. The number of halogens is 1. The Hall–Kier alpha value is -2.08. The van der Waals surface area contributed by atoms with Crippen LogP contribution in [0.4, 0.5) is 4.39 Å². The normalized spacial score (nSPS) is 21.9. The fraction of sp³-hybridized carbons (Fsp3) is 0.333. The van der Waals surface area contributed by atoms with E-state index in [2.05, 4.69) is 16.5 Å². The maximum atomic E-state index is 12.9. The topological polar surface area (TPSA) is 76.0 Å². The van der Waals surface area contributed by atoms with Gasteiger partial charge in [-0.05, 0) is 53.7 Å². The molecule has 3 N–H and O–H groups in total. The molecule has 2 aromatic rings. The molecule has 1 aromatic carbocycles. The lowest BCUT2D eigenvalue weighted by molar-refractivity contribution is 0.0999. The summed E-state index contributed by atoms with van der Waals surface area (Å²) in [4.78, 5) is 25.4. The largest absolute Gasteiger partial charge is 0.365 e. The first kappa shape index (κ1) is 16.8. The van der Waals surface area contributed by atoms with Crippen molar-refractivity contribution in [2.75, 3.05) is 5.75 Å². The van der Waals surface area contributed by atoms with E-state index in [-0.39, 0.29) is 11.5 Å². The minimum atomic E-state index is -0.744. The van der Waals surface area contributed by atoms with Gasteiger partial charge in [-0.15, -0.1) is 11.8 Å². The van der Waals surface area contributed by atoms with Crippen molar-refractivity contribution in [2.24, 2.45) is 5.73 Å². The van der Waals surface area contributed by atoms with Gasteiger partial charge in [0.15, 0.2) is 0 Å². The summed E-state index contributed by atoms with van der Waals surface area (Å²) in [6.07, 6.45) is 3.84. The monoisotopic (exact) mass is 346 g/mol. The number of carbonyl (C=O) groups excluding carboxylic acids is 1. The molecule has 0 spiro atoms. The highest BCUT2D eigenvalue weighted by Crippen LogP contribution is 2.39. The third-order valence-electron chi connectivity index (χ3n) is 4.28. The molecule has 24 heavy (non-hydrogen) atoms.